The molecule has 0 radical (unpaired) electrons. The van der Waals surface area contributed by atoms with Crippen LogP contribution in [0.25, 0.3) is 11.1 Å². The summed E-state index contributed by atoms with van der Waals surface area (Å²) >= 11 is 0. The van der Waals surface area contributed by atoms with E-state index in [1.807, 2.05) is 24.3 Å². The maximum atomic E-state index is 12.5. The van der Waals surface area contributed by atoms with Crippen LogP contribution in [0, 0.1) is 0 Å². The van der Waals surface area contributed by atoms with E-state index in [0.717, 1.165) is 22.3 Å². The Bertz CT molecular complexity index is 1200. The first-order valence-electron chi connectivity index (χ1n) is 11.3. The summed E-state index contributed by atoms with van der Waals surface area (Å²) in [5.41, 5.74) is 5.73. The molecule has 1 aliphatic rings. The summed E-state index contributed by atoms with van der Waals surface area (Å²) in [7, 11) is 0. The molecule has 1 atom stereocenters. The number of carboxylic acid groups (broad SMARTS) is 1. The largest absolute Gasteiger partial charge is 0.479 e. The van der Waals surface area contributed by atoms with Crippen molar-refractivity contribution >= 4 is 23.7 Å². The van der Waals surface area contributed by atoms with Gasteiger partial charge in [-0.15, -0.1) is 0 Å². The molecule has 3 aromatic carbocycles. The minimum absolute atomic E-state index is 0.0391. The highest BCUT2D eigenvalue weighted by molar-refractivity contribution is 5.86. The number of fused-ring (bicyclic) bond motifs is 3. The summed E-state index contributed by atoms with van der Waals surface area (Å²) in [6, 6.07) is 23.0. The first-order chi connectivity index (χ1) is 16.9. The number of aliphatic carboxylic acids is 1. The molecule has 0 aliphatic heterocycles. The maximum absolute atomic E-state index is 12.5. The monoisotopic (exact) mass is 474 g/mol. The Labute approximate surface area is 202 Å². The molecule has 0 unspecified atom stereocenters. The highest BCUT2D eigenvalue weighted by atomic mass is 16.5. The molecule has 0 spiro atoms. The predicted molar refractivity (Wildman–Crippen MR) is 130 cm³/mol. The van der Waals surface area contributed by atoms with E-state index in [9.17, 15) is 19.5 Å². The smallest absolute Gasteiger partial charge is 0.411 e. The summed E-state index contributed by atoms with van der Waals surface area (Å²) in [6.07, 6.45) is -2.13. The number of carbonyl (C=O) groups excluding carboxylic acids is 2. The maximum Gasteiger partial charge on any atom is 0.411 e. The van der Waals surface area contributed by atoms with Crippen LogP contribution in [0.4, 0.5) is 10.5 Å². The first-order valence-corrected chi connectivity index (χ1v) is 11.3. The Morgan fingerprint density at radius 3 is 2.23 bits per heavy atom. The fourth-order valence-corrected chi connectivity index (χ4v) is 4.23. The number of ether oxygens (including phenoxy) is 1. The van der Waals surface area contributed by atoms with Crippen LogP contribution in [-0.4, -0.2) is 47.4 Å². The molecule has 0 fully saturated rings. The van der Waals surface area contributed by atoms with Crippen molar-refractivity contribution in [2.45, 2.75) is 24.9 Å². The lowest BCUT2D eigenvalue weighted by Crippen LogP contribution is -2.30. The third kappa shape index (κ3) is 5.85. The van der Waals surface area contributed by atoms with E-state index in [0.29, 0.717) is 11.3 Å². The van der Waals surface area contributed by atoms with Crippen LogP contribution in [0.5, 0.6) is 0 Å². The molecule has 3 aromatic rings. The fraction of sp³-hybridized carbons (Fsp3) is 0.222. The zero-order valence-corrected chi connectivity index (χ0v) is 18.9. The Balaban J connectivity index is 1.30. The molecule has 4 rings (SSSR count). The molecular weight excluding hydrogens is 448 g/mol. The summed E-state index contributed by atoms with van der Waals surface area (Å²) < 4.78 is 5.56. The third-order valence-electron chi connectivity index (χ3n) is 5.91. The fourth-order valence-electron chi connectivity index (χ4n) is 4.23. The van der Waals surface area contributed by atoms with Gasteiger partial charge in [-0.3, -0.25) is 10.1 Å². The molecule has 8 nitrogen and oxygen atoms in total. The average molecular weight is 475 g/mol. The molecule has 8 heteroatoms. The van der Waals surface area contributed by atoms with Gasteiger partial charge in [0.15, 0.2) is 6.10 Å². The number of aliphatic hydroxyl groups excluding tert-OH is 1. The zero-order chi connectivity index (χ0) is 24.8. The van der Waals surface area contributed by atoms with E-state index < -0.39 is 18.2 Å². The minimum Gasteiger partial charge on any atom is -0.479 e. The van der Waals surface area contributed by atoms with Gasteiger partial charge in [-0.1, -0.05) is 60.7 Å². The second-order valence-corrected chi connectivity index (χ2v) is 8.32. The summed E-state index contributed by atoms with van der Waals surface area (Å²) in [6.45, 7) is 0.244. The molecule has 1 aliphatic carbocycles. The second-order valence-electron chi connectivity index (χ2n) is 8.32. The van der Waals surface area contributed by atoms with Crippen LogP contribution in [0.3, 0.4) is 0 Å². The van der Waals surface area contributed by atoms with Gasteiger partial charge in [-0.2, -0.15) is 0 Å². The van der Waals surface area contributed by atoms with Gasteiger partial charge in [0.1, 0.15) is 6.61 Å². The number of anilines is 1. The van der Waals surface area contributed by atoms with Gasteiger partial charge in [0, 0.05) is 24.6 Å². The first kappa shape index (κ1) is 24.0. The van der Waals surface area contributed by atoms with Crippen molar-refractivity contribution in [2.24, 2.45) is 0 Å². The van der Waals surface area contributed by atoms with E-state index in [4.69, 9.17) is 9.84 Å². The zero-order valence-electron chi connectivity index (χ0n) is 18.9. The Morgan fingerprint density at radius 1 is 0.914 bits per heavy atom. The number of amides is 2. The highest BCUT2D eigenvalue weighted by Crippen LogP contribution is 2.44. The summed E-state index contributed by atoms with van der Waals surface area (Å²) in [5, 5.41) is 23.2. The number of nitrogens with one attached hydrogen (secondary N) is 2. The van der Waals surface area contributed by atoms with E-state index in [1.54, 1.807) is 24.3 Å². The molecule has 0 bridgehead atoms. The lowest BCUT2D eigenvalue weighted by Gasteiger charge is -2.15. The highest BCUT2D eigenvalue weighted by Gasteiger charge is 2.29. The quantitative estimate of drug-likeness (QED) is 0.376. The van der Waals surface area contributed by atoms with Gasteiger partial charge in [0.2, 0.25) is 5.91 Å². The van der Waals surface area contributed by atoms with Crippen LogP contribution in [0.1, 0.15) is 29.0 Å². The lowest BCUT2D eigenvalue weighted by molar-refractivity contribution is -0.147. The van der Waals surface area contributed by atoms with Crippen LogP contribution >= 0.6 is 0 Å². The topological polar surface area (TPSA) is 125 Å². The third-order valence-corrected chi connectivity index (χ3v) is 5.91. The molecule has 2 amide bonds. The molecule has 35 heavy (non-hydrogen) atoms. The number of benzene rings is 3. The number of rotatable bonds is 9. The van der Waals surface area contributed by atoms with Crippen LogP contribution < -0.4 is 10.6 Å². The number of carbonyl (C=O) groups is 3. The minimum atomic E-state index is -1.51. The Kier molecular flexibility index (Phi) is 7.42. The van der Waals surface area contributed by atoms with E-state index in [-0.39, 0.29) is 37.8 Å². The Morgan fingerprint density at radius 2 is 1.57 bits per heavy atom. The molecule has 180 valence electrons. The van der Waals surface area contributed by atoms with Crippen molar-refractivity contribution in [1.82, 2.24) is 5.32 Å². The van der Waals surface area contributed by atoms with Gasteiger partial charge >= 0.3 is 12.1 Å². The standard InChI is InChI=1S/C27H26N2O6/c30-24(26(32)33)12-13-28-25(31)15-17-6-5-7-18(14-17)29-27(34)35-16-23-21-10-3-1-8-19(21)20-9-2-4-11-22(20)23/h1-11,14,23-24,30H,12-13,15-16H2,(H,28,31)(H,29,34)(H,32,33)/t24-/m0/s1. The van der Waals surface area contributed by atoms with Gasteiger partial charge in [-0.05, 0) is 39.9 Å². The van der Waals surface area contributed by atoms with Crippen LogP contribution in [-0.2, 0) is 20.7 Å². The molecule has 0 saturated carbocycles. The predicted octanol–water partition coefficient (Wildman–Crippen LogP) is 3.54. The van der Waals surface area contributed by atoms with E-state index >= 15 is 0 Å². The number of carboxylic acids is 1. The van der Waals surface area contributed by atoms with Gasteiger partial charge in [-0.25, -0.2) is 9.59 Å². The molecule has 0 saturated heterocycles. The lowest BCUT2D eigenvalue weighted by atomic mass is 9.98. The number of hydrogen-bond acceptors (Lipinski definition) is 5. The Hall–Kier alpha value is -4.17. The molecule has 0 aromatic heterocycles. The van der Waals surface area contributed by atoms with Gasteiger partial charge in [0.25, 0.3) is 0 Å². The van der Waals surface area contributed by atoms with Crippen molar-refractivity contribution < 1.29 is 29.3 Å². The number of hydrogen-bond donors (Lipinski definition) is 4. The SMILES string of the molecule is O=C(Cc1cccc(NC(=O)OCC2c3ccccc3-c3ccccc32)c1)NCC[C@H](O)C(=O)O. The van der Waals surface area contributed by atoms with E-state index in [2.05, 4.69) is 34.9 Å². The molecule has 0 heterocycles. The van der Waals surface area contributed by atoms with Crippen molar-refractivity contribution in [2.75, 3.05) is 18.5 Å². The molecular formula is C27H26N2O6. The molecule has 4 N–H and O–H groups in total. The summed E-state index contributed by atoms with van der Waals surface area (Å²) in [5.74, 6) is -1.69. The van der Waals surface area contributed by atoms with Crippen molar-refractivity contribution in [3.8, 4) is 11.1 Å². The summed E-state index contributed by atoms with van der Waals surface area (Å²) in [4.78, 5) is 35.2. The van der Waals surface area contributed by atoms with Crippen molar-refractivity contribution in [1.29, 1.82) is 0 Å². The van der Waals surface area contributed by atoms with Crippen LogP contribution in [0.15, 0.2) is 72.8 Å². The normalized spacial score (nSPS) is 12.8. The number of aliphatic hydroxyl groups is 1. The van der Waals surface area contributed by atoms with Crippen LogP contribution in [0.2, 0.25) is 0 Å². The van der Waals surface area contributed by atoms with Gasteiger partial charge < -0.3 is 20.3 Å². The van der Waals surface area contributed by atoms with E-state index in [1.165, 1.54) is 0 Å². The van der Waals surface area contributed by atoms with Crippen molar-refractivity contribution in [3.63, 3.8) is 0 Å². The second kappa shape index (κ2) is 10.8. The van der Waals surface area contributed by atoms with Crippen molar-refractivity contribution in [3.05, 3.63) is 89.5 Å². The van der Waals surface area contributed by atoms with Gasteiger partial charge in [0.05, 0.1) is 6.42 Å². The average Bonchev–Trinajstić information content (AvgIpc) is 3.16.